The maximum absolute atomic E-state index is 12.9. The molecule has 2 atom stereocenters. The molecule has 416 valence electrons. The fourth-order valence-electron chi connectivity index (χ4n) is 7.62. The van der Waals surface area contributed by atoms with Crippen LogP contribution in [0.3, 0.4) is 0 Å². The molecule has 0 bridgehead atoms. The van der Waals surface area contributed by atoms with Crippen LogP contribution in [0.1, 0.15) is 219 Å². The molecule has 0 aliphatic carbocycles. The van der Waals surface area contributed by atoms with E-state index >= 15 is 0 Å². The molecule has 0 aromatic carbocycles. The number of hydrogen-bond donors (Lipinski definition) is 1. The molecule has 0 amide bonds. The Kier molecular flexibility index (Phi) is 51.2. The van der Waals surface area contributed by atoms with Gasteiger partial charge in [0.2, 0.25) is 0 Å². The zero-order valence-corrected chi connectivity index (χ0v) is 47.3. The largest absolute Gasteiger partial charge is 0.477 e. The summed E-state index contributed by atoms with van der Waals surface area (Å²) in [6.07, 6.45) is 71.6. The van der Waals surface area contributed by atoms with Gasteiger partial charge in [0.25, 0.3) is 6.29 Å². The van der Waals surface area contributed by atoms with Gasteiger partial charge in [-0.15, -0.1) is 0 Å². The molecule has 2 unspecified atom stereocenters. The van der Waals surface area contributed by atoms with Gasteiger partial charge < -0.3 is 28.5 Å². The van der Waals surface area contributed by atoms with Gasteiger partial charge >= 0.3 is 17.9 Å². The van der Waals surface area contributed by atoms with Gasteiger partial charge in [0.05, 0.1) is 34.4 Å². The molecule has 73 heavy (non-hydrogen) atoms. The Morgan fingerprint density at radius 3 is 1.10 bits per heavy atom. The highest BCUT2D eigenvalue weighted by molar-refractivity contribution is 5.71. The van der Waals surface area contributed by atoms with E-state index in [-0.39, 0.29) is 32.2 Å². The SMILES string of the molecule is CC/C=C\C/C=C\C/C=C\C/C=C\C/C=C\CCCCCCCC(=O)OC(COC(=O)CCCCCCCCCCCCCCCC/C=C\C/C=C\C/C=C\C/C=C\CC)COC(OCC[N+](C)(C)C)C(=O)O. The molecular weight excluding hydrogens is 911 g/mol. The number of carbonyl (C=O) groups is 3. The average molecular weight is 1020 g/mol. The third kappa shape index (κ3) is 55.5. The van der Waals surface area contributed by atoms with E-state index in [0.717, 1.165) is 109 Å². The van der Waals surface area contributed by atoms with E-state index in [9.17, 15) is 19.5 Å². The second kappa shape index (κ2) is 54.2. The molecule has 0 radical (unpaired) electrons. The van der Waals surface area contributed by atoms with E-state index in [1.807, 2.05) is 21.1 Å². The summed E-state index contributed by atoms with van der Waals surface area (Å²) in [5.74, 6) is -2.04. The lowest BCUT2D eigenvalue weighted by Gasteiger charge is -2.25. The highest BCUT2D eigenvalue weighted by Crippen LogP contribution is 2.15. The number of esters is 2. The predicted octanol–water partition coefficient (Wildman–Crippen LogP) is 17.1. The summed E-state index contributed by atoms with van der Waals surface area (Å²) in [5, 5.41) is 9.70. The van der Waals surface area contributed by atoms with Crippen molar-refractivity contribution >= 4 is 17.9 Å². The Bertz CT molecular complexity index is 1560. The van der Waals surface area contributed by atoms with Crippen LogP contribution in [0.25, 0.3) is 0 Å². The topological polar surface area (TPSA) is 108 Å². The third-order valence-electron chi connectivity index (χ3n) is 12.0. The van der Waals surface area contributed by atoms with Crippen LogP contribution in [0, 0.1) is 0 Å². The summed E-state index contributed by atoms with van der Waals surface area (Å²) in [6.45, 7) is 4.62. The Morgan fingerprint density at radius 1 is 0.411 bits per heavy atom. The van der Waals surface area contributed by atoms with Gasteiger partial charge in [0.15, 0.2) is 6.10 Å². The number of hydrogen-bond acceptors (Lipinski definition) is 7. The monoisotopic (exact) mass is 1020 g/mol. The molecule has 1 N–H and O–H groups in total. The molecule has 0 saturated carbocycles. The molecule has 0 aliphatic rings. The van der Waals surface area contributed by atoms with Gasteiger partial charge in [0, 0.05) is 12.8 Å². The van der Waals surface area contributed by atoms with Gasteiger partial charge in [-0.05, 0) is 96.3 Å². The predicted molar refractivity (Wildman–Crippen MR) is 308 cm³/mol. The Balaban J connectivity index is 4.27. The highest BCUT2D eigenvalue weighted by Gasteiger charge is 2.25. The number of carbonyl (C=O) groups excluding carboxylic acids is 2. The van der Waals surface area contributed by atoms with E-state index in [4.69, 9.17) is 18.9 Å². The first-order valence-electron chi connectivity index (χ1n) is 29.1. The van der Waals surface area contributed by atoms with Crippen LogP contribution >= 0.6 is 0 Å². The number of carboxylic acid groups (broad SMARTS) is 1. The van der Waals surface area contributed by atoms with Crippen LogP contribution < -0.4 is 0 Å². The number of allylic oxidation sites excluding steroid dienone is 18. The van der Waals surface area contributed by atoms with Gasteiger partial charge in [-0.1, -0.05) is 220 Å². The standard InChI is InChI=1S/C64H107NO8/c1-6-8-10-12-14-16-18-20-22-24-26-28-29-30-31-32-33-35-36-38-40-42-44-46-48-50-52-54-61(66)71-58-60(59-72-64(63(68)69)70-57-56-65(3,4)5)73-62(67)55-53-51-49-47-45-43-41-39-37-34-27-25-23-21-19-17-15-13-11-9-7-2/h8-11,14-17,20-23,26-28,34,39,41,60,64H,6-7,12-13,18-19,24-25,29-33,35-38,40,42-59H2,1-5H3/p+1/b10-8-,11-9-,16-14-,17-15-,22-20-,23-21-,28-26-,34-27-,41-39-. The minimum atomic E-state index is -1.52. The first kappa shape index (κ1) is 69.0. The van der Waals surface area contributed by atoms with Crippen molar-refractivity contribution in [1.82, 2.24) is 0 Å². The molecule has 9 heteroatoms. The number of aliphatic carboxylic acids is 1. The second-order valence-electron chi connectivity index (χ2n) is 20.2. The first-order chi connectivity index (χ1) is 35.6. The lowest BCUT2D eigenvalue weighted by molar-refractivity contribution is -0.870. The zero-order valence-electron chi connectivity index (χ0n) is 47.3. The fraction of sp³-hybridized carbons (Fsp3) is 0.672. The highest BCUT2D eigenvalue weighted by atomic mass is 16.7. The molecule has 0 rings (SSSR count). The van der Waals surface area contributed by atoms with Crippen LogP contribution in [-0.4, -0.2) is 87.4 Å². The van der Waals surface area contributed by atoms with Gasteiger partial charge in [0.1, 0.15) is 13.2 Å². The Morgan fingerprint density at radius 2 is 0.740 bits per heavy atom. The van der Waals surface area contributed by atoms with Crippen LogP contribution in [0.5, 0.6) is 0 Å². The number of nitrogens with zero attached hydrogens (tertiary/aromatic N) is 1. The Hall–Kier alpha value is -4.05. The lowest BCUT2D eigenvalue weighted by atomic mass is 10.0. The van der Waals surface area contributed by atoms with Crippen LogP contribution in [0.15, 0.2) is 109 Å². The van der Waals surface area contributed by atoms with Crippen LogP contribution in [0.4, 0.5) is 0 Å². The summed E-state index contributed by atoms with van der Waals surface area (Å²) in [6, 6.07) is 0. The molecular formula is C64H108NO8+. The van der Waals surface area contributed by atoms with Crippen LogP contribution in [0.2, 0.25) is 0 Å². The lowest BCUT2D eigenvalue weighted by Crippen LogP contribution is -2.40. The minimum absolute atomic E-state index is 0.178. The van der Waals surface area contributed by atoms with Gasteiger partial charge in [-0.2, -0.15) is 0 Å². The molecule has 0 aromatic rings. The number of likely N-dealkylation sites (N-methyl/N-ethyl adjacent to an activating group) is 1. The van der Waals surface area contributed by atoms with Crippen molar-refractivity contribution in [2.24, 2.45) is 0 Å². The van der Waals surface area contributed by atoms with Crippen molar-refractivity contribution < 1.29 is 42.9 Å². The van der Waals surface area contributed by atoms with Crippen molar-refractivity contribution in [3.8, 4) is 0 Å². The van der Waals surface area contributed by atoms with E-state index in [1.165, 1.54) is 77.0 Å². The van der Waals surface area contributed by atoms with Crippen molar-refractivity contribution in [3.63, 3.8) is 0 Å². The number of rotatable bonds is 52. The van der Waals surface area contributed by atoms with E-state index in [1.54, 1.807) is 0 Å². The number of quaternary nitrogens is 1. The zero-order chi connectivity index (χ0) is 53.4. The summed E-state index contributed by atoms with van der Waals surface area (Å²) < 4.78 is 22.9. The number of carboxylic acids is 1. The summed E-state index contributed by atoms with van der Waals surface area (Å²) >= 11 is 0. The smallest absolute Gasteiger partial charge is 0.361 e. The van der Waals surface area contributed by atoms with Gasteiger partial charge in [-0.25, -0.2) is 4.79 Å². The normalized spacial score (nSPS) is 13.6. The second-order valence-corrected chi connectivity index (χ2v) is 20.2. The van der Waals surface area contributed by atoms with Crippen molar-refractivity contribution in [2.45, 2.75) is 232 Å². The molecule has 0 heterocycles. The number of unbranched alkanes of at least 4 members (excludes halogenated alkanes) is 19. The first-order valence-corrected chi connectivity index (χ1v) is 29.1. The maximum Gasteiger partial charge on any atom is 0.361 e. The van der Waals surface area contributed by atoms with E-state index in [0.29, 0.717) is 23.9 Å². The van der Waals surface area contributed by atoms with E-state index in [2.05, 4.69) is 123 Å². The quantitative estimate of drug-likeness (QED) is 0.0211. The summed E-state index contributed by atoms with van der Waals surface area (Å²) in [7, 11) is 5.95. The summed E-state index contributed by atoms with van der Waals surface area (Å²) in [5.41, 5.74) is 0. The molecule has 0 aromatic heterocycles. The minimum Gasteiger partial charge on any atom is -0.477 e. The molecule has 0 aliphatic heterocycles. The third-order valence-corrected chi connectivity index (χ3v) is 12.0. The molecule has 0 spiro atoms. The maximum atomic E-state index is 12.9. The average Bonchev–Trinajstić information content (AvgIpc) is 3.36. The summed E-state index contributed by atoms with van der Waals surface area (Å²) in [4.78, 5) is 37.4. The molecule has 0 saturated heterocycles. The van der Waals surface area contributed by atoms with E-state index < -0.39 is 24.3 Å². The van der Waals surface area contributed by atoms with Gasteiger partial charge in [-0.3, -0.25) is 9.59 Å². The Labute approximate surface area is 447 Å². The molecule has 9 nitrogen and oxygen atoms in total. The van der Waals surface area contributed by atoms with Crippen molar-refractivity contribution in [3.05, 3.63) is 109 Å². The van der Waals surface area contributed by atoms with Crippen molar-refractivity contribution in [2.75, 3.05) is 47.5 Å². The molecule has 0 fully saturated rings. The van der Waals surface area contributed by atoms with Crippen molar-refractivity contribution in [1.29, 1.82) is 0 Å². The number of ether oxygens (including phenoxy) is 4. The van der Waals surface area contributed by atoms with Crippen LogP contribution in [-0.2, 0) is 33.3 Å². The fourth-order valence-corrected chi connectivity index (χ4v) is 7.62.